The van der Waals surface area contributed by atoms with Crippen LogP contribution in [0.2, 0.25) is 0 Å². The van der Waals surface area contributed by atoms with Crippen molar-refractivity contribution in [3.05, 3.63) is 52.5 Å². The van der Waals surface area contributed by atoms with Gasteiger partial charge in [-0.25, -0.2) is 13.1 Å². The van der Waals surface area contributed by atoms with Gasteiger partial charge in [-0.1, -0.05) is 24.3 Å². The number of halogens is 1. The molecule has 0 saturated carbocycles. The third-order valence-electron chi connectivity index (χ3n) is 3.06. The van der Waals surface area contributed by atoms with E-state index < -0.39 is 10.0 Å². The average molecular weight is 370 g/mol. The zero-order valence-electron chi connectivity index (χ0n) is 10.9. The number of benzene rings is 2. The van der Waals surface area contributed by atoms with Crippen LogP contribution in [-0.4, -0.2) is 15.2 Å². The van der Waals surface area contributed by atoms with Crippen molar-refractivity contribution in [2.24, 2.45) is 0 Å². The minimum absolute atomic E-state index is 0.135. The van der Waals surface area contributed by atoms with Crippen molar-refractivity contribution in [2.75, 3.05) is 6.79 Å². The lowest BCUT2D eigenvalue weighted by Crippen LogP contribution is -2.23. The lowest BCUT2D eigenvalue weighted by atomic mass is 10.2. The van der Waals surface area contributed by atoms with E-state index in [0.29, 0.717) is 16.0 Å². The first-order valence-electron chi connectivity index (χ1n) is 6.19. The molecular formula is C14H12BrNO4S. The fourth-order valence-corrected chi connectivity index (χ4v) is 4.05. The predicted octanol–water partition coefficient (Wildman–Crippen LogP) is 2.66. The van der Waals surface area contributed by atoms with Crippen molar-refractivity contribution in [2.45, 2.75) is 11.4 Å². The van der Waals surface area contributed by atoms with Crippen molar-refractivity contribution in [1.29, 1.82) is 0 Å². The van der Waals surface area contributed by atoms with Gasteiger partial charge in [-0.05, 0) is 34.1 Å². The van der Waals surface area contributed by atoms with Crippen LogP contribution in [0.4, 0.5) is 0 Å². The lowest BCUT2D eigenvalue weighted by Gasteiger charge is -2.10. The number of para-hydroxylation sites is 1. The van der Waals surface area contributed by atoms with Crippen molar-refractivity contribution < 1.29 is 17.9 Å². The van der Waals surface area contributed by atoms with Gasteiger partial charge >= 0.3 is 0 Å². The van der Waals surface area contributed by atoms with E-state index in [9.17, 15) is 8.42 Å². The van der Waals surface area contributed by atoms with E-state index in [2.05, 4.69) is 20.7 Å². The molecule has 1 aliphatic rings. The Bertz CT molecular complexity index is 776. The highest BCUT2D eigenvalue weighted by atomic mass is 79.9. The Labute approximate surface area is 131 Å². The summed E-state index contributed by atoms with van der Waals surface area (Å²) in [6, 6.07) is 12.1. The first kappa shape index (κ1) is 14.4. The second-order valence-corrected chi connectivity index (χ2v) is 7.00. The summed E-state index contributed by atoms with van der Waals surface area (Å²) in [6.07, 6.45) is 0. The van der Waals surface area contributed by atoms with Gasteiger partial charge in [0.25, 0.3) is 0 Å². The molecule has 0 amide bonds. The van der Waals surface area contributed by atoms with Gasteiger partial charge in [0.1, 0.15) is 0 Å². The molecule has 0 fully saturated rings. The highest BCUT2D eigenvalue weighted by molar-refractivity contribution is 9.10. The molecule has 0 bridgehead atoms. The number of fused-ring (bicyclic) bond motifs is 1. The predicted molar refractivity (Wildman–Crippen MR) is 80.7 cm³/mol. The van der Waals surface area contributed by atoms with Crippen LogP contribution < -0.4 is 14.2 Å². The van der Waals surface area contributed by atoms with E-state index in [0.717, 1.165) is 5.56 Å². The van der Waals surface area contributed by atoms with Gasteiger partial charge in [0.15, 0.2) is 11.5 Å². The fraction of sp³-hybridized carbons (Fsp3) is 0.143. The van der Waals surface area contributed by atoms with Crippen LogP contribution in [0, 0.1) is 0 Å². The van der Waals surface area contributed by atoms with Crippen LogP contribution in [0.5, 0.6) is 11.5 Å². The van der Waals surface area contributed by atoms with E-state index in [1.165, 1.54) is 0 Å². The van der Waals surface area contributed by atoms with Crippen LogP contribution in [0.1, 0.15) is 5.56 Å². The molecule has 7 heteroatoms. The van der Waals surface area contributed by atoms with E-state index in [4.69, 9.17) is 9.47 Å². The maximum Gasteiger partial charge on any atom is 0.241 e. The van der Waals surface area contributed by atoms with Gasteiger partial charge in [-0.15, -0.1) is 0 Å². The van der Waals surface area contributed by atoms with Crippen molar-refractivity contribution >= 4 is 26.0 Å². The number of hydrogen-bond donors (Lipinski definition) is 1. The third-order valence-corrected chi connectivity index (χ3v) is 5.47. The van der Waals surface area contributed by atoms with Crippen LogP contribution >= 0.6 is 15.9 Å². The third kappa shape index (κ3) is 2.90. The molecule has 0 spiro atoms. The topological polar surface area (TPSA) is 64.6 Å². The summed E-state index contributed by atoms with van der Waals surface area (Å²) in [5, 5.41) is 0. The number of sulfonamides is 1. The lowest BCUT2D eigenvalue weighted by molar-refractivity contribution is 0.173. The summed E-state index contributed by atoms with van der Waals surface area (Å²) < 4.78 is 38.3. The van der Waals surface area contributed by atoms with E-state index in [1.807, 2.05) is 0 Å². The summed E-state index contributed by atoms with van der Waals surface area (Å²) in [6.45, 7) is 0.291. The van der Waals surface area contributed by atoms with Crippen LogP contribution in [0.3, 0.4) is 0 Å². The Morgan fingerprint density at radius 1 is 1.10 bits per heavy atom. The quantitative estimate of drug-likeness (QED) is 0.899. The number of ether oxygens (including phenoxy) is 2. The average Bonchev–Trinajstić information content (AvgIpc) is 2.94. The van der Waals surface area contributed by atoms with Crippen LogP contribution in [0.25, 0.3) is 0 Å². The molecule has 0 unspecified atom stereocenters. The fourth-order valence-electron chi connectivity index (χ4n) is 2.04. The Hall–Kier alpha value is -1.57. The monoisotopic (exact) mass is 369 g/mol. The first-order chi connectivity index (χ1) is 10.1. The van der Waals surface area contributed by atoms with Gasteiger partial charge in [0, 0.05) is 16.6 Å². The van der Waals surface area contributed by atoms with E-state index in [-0.39, 0.29) is 18.2 Å². The van der Waals surface area contributed by atoms with Gasteiger partial charge in [0.2, 0.25) is 16.8 Å². The molecule has 2 aromatic carbocycles. The molecule has 1 aliphatic heterocycles. The van der Waals surface area contributed by atoms with Gasteiger partial charge in [0.05, 0.1) is 4.90 Å². The van der Waals surface area contributed by atoms with Gasteiger partial charge in [-0.3, -0.25) is 0 Å². The zero-order chi connectivity index (χ0) is 14.9. The van der Waals surface area contributed by atoms with Gasteiger partial charge < -0.3 is 9.47 Å². The smallest absolute Gasteiger partial charge is 0.241 e. The molecule has 1 heterocycles. The molecule has 5 nitrogen and oxygen atoms in total. The Morgan fingerprint density at radius 3 is 2.71 bits per heavy atom. The molecule has 0 atom stereocenters. The summed E-state index contributed by atoms with van der Waals surface area (Å²) >= 11 is 3.24. The summed E-state index contributed by atoms with van der Waals surface area (Å²) in [5.74, 6) is 1.22. The molecule has 21 heavy (non-hydrogen) atoms. The number of nitrogens with one attached hydrogen (secondary N) is 1. The normalized spacial score (nSPS) is 13.4. The molecule has 3 rings (SSSR count). The maximum absolute atomic E-state index is 12.3. The van der Waals surface area contributed by atoms with Gasteiger partial charge in [-0.2, -0.15) is 0 Å². The molecule has 0 saturated heterocycles. The minimum atomic E-state index is -3.60. The minimum Gasteiger partial charge on any atom is -0.454 e. The Morgan fingerprint density at radius 2 is 1.90 bits per heavy atom. The highest BCUT2D eigenvalue weighted by Gasteiger charge is 2.20. The highest BCUT2D eigenvalue weighted by Crippen LogP contribution is 2.35. The number of rotatable bonds is 4. The zero-order valence-corrected chi connectivity index (χ0v) is 13.3. The summed E-state index contributed by atoms with van der Waals surface area (Å²) in [7, 11) is -3.60. The van der Waals surface area contributed by atoms with Crippen molar-refractivity contribution in [3.8, 4) is 11.5 Å². The molecule has 2 aromatic rings. The Balaban J connectivity index is 1.82. The van der Waals surface area contributed by atoms with Crippen molar-refractivity contribution in [3.63, 3.8) is 0 Å². The molecule has 0 aliphatic carbocycles. The second-order valence-electron chi connectivity index (χ2n) is 4.41. The Kier molecular flexibility index (Phi) is 3.88. The molecule has 0 aromatic heterocycles. The first-order valence-corrected chi connectivity index (χ1v) is 8.47. The van der Waals surface area contributed by atoms with E-state index >= 15 is 0 Å². The molecule has 1 N–H and O–H groups in total. The SMILES string of the molecule is O=S(=O)(NCc1cccc2c1OCO2)c1ccccc1Br. The molecule has 0 radical (unpaired) electrons. The second kappa shape index (κ2) is 5.67. The standard InChI is InChI=1S/C14H12BrNO4S/c15-11-5-1-2-7-13(11)21(17,18)16-8-10-4-3-6-12-14(10)20-9-19-12/h1-7,16H,8-9H2. The largest absolute Gasteiger partial charge is 0.454 e. The van der Waals surface area contributed by atoms with E-state index in [1.54, 1.807) is 42.5 Å². The molecular weight excluding hydrogens is 358 g/mol. The van der Waals surface area contributed by atoms with Crippen molar-refractivity contribution in [1.82, 2.24) is 4.72 Å². The molecule has 110 valence electrons. The van der Waals surface area contributed by atoms with Crippen LogP contribution in [0.15, 0.2) is 51.8 Å². The summed E-state index contributed by atoms with van der Waals surface area (Å²) in [5.41, 5.74) is 0.737. The van der Waals surface area contributed by atoms with Crippen LogP contribution in [-0.2, 0) is 16.6 Å². The maximum atomic E-state index is 12.3. The number of hydrogen-bond acceptors (Lipinski definition) is 4. The summed E-state index contributed by atoms with van der Waals surface area (Å²) in [4.78, 5) is 0.203.